The minimum Gasteiger partial charge on any atom is -0.481 e. The molecule has 3 rings (SSSR count). The van der Waals surface area contributed by atoms with Crippen LogP contribution in [0.1, 0.15) is 11.1 Å². The van der Waals surface area contributed by atoms with E-state index in [1.807, 2.05) is 24.3 Å². The van der Waals surface area contributed by atoms with Crippen LogP contribution in [0.5, 0.6) is 5.88 Å². The summed E-state index contributed by atoms with van der Waals surface area (Å²) in [5.41, 5.74) is 1.81. The van der Waals surface area contributed by atoms with Gasteiger partial charge >= 0.3 is 5.97 Å². The van der Waals surface area contributed by atoms with Crippen LogP contribution in [0.15, 0.2) is 42.6 Å². The summed E-state index contributed by atoms with van der Waals surface area (Å²) >= 11 is 0. The Labute approximate surface area is 122 Å². The second-order valence-corrected chi connectivity index (χ2v) is 5.22. The van der Waals surface area contributed by atoms with Crippen molar-refractivity contribution in [2.24, 2.45) is 0 Å². The molecule has 0 saturated heterocycles. The van der Waals surface area contributed by atoms with E-state index in [0.717, 1.165) is 11.1 Å². The number of carboxylic acids is 1. The third kappa shape index (κ3) is 2.42. The molecule has 0 saturated carbocycles. The number of fused-ring (bicyclic) bond motifs is 1. The van der Waals surface area contributed by atoms with Gasteiger partial charge in [0.05, 0.1) is 19.0 Å². The van der Waals surface area contributed by atoms with Gasteiger partial charge in [-0.2, -0.15) is 0 Å². The lowest BCUT2D eigenvalue weighted by molar-refractivity contribution is -0.142. The topological polar surface area (TPSA) is 71.5 Å². The Kier molecular flexibility index (Phi) is 3.25. The molecule has 2 aromatic rings. The summed E-state index contributed by atoms with van der Waals surface area (Å²) in [6, 6.07) is 11.3. The Hall–Kier alpha value is -2.56. The van der Waals surface area contributed by atoms with Gasteiger partial charge in [-0.15, -0.1) is 0 Å². The van der Waals surface area contributed by atoms with Gasteiger partial charge in [0, 0.05) is 18.9 Å². The maximum absolute atomic E-state index is 11.8. The smallest absolute Gasteiger partial charge is 0.330 e. The zero-order valence-corrected chi connectivity index (χ0v) is 11.7. The van der Waals surface area contributed by atoms with E-state index in [4.69, 9.17) is 4.74 Å². The summed E-state index contributed by atoms with van der Waals surface area (Å²) in [5, 5.41) is 12.8. The molecule has 0 bridgehead atoms. The molecule has 21 heavy (non-hydrogen) atoms. The number of hydrogen-bond acceptors (Lipinski definition) is 4. The van der Waals surface area contributed by atoms with E-state index in [2.05, 4.69) is 10.3 Å². The van der Waals surface area contributed by atoms with E-state index in [1.54, 1.807) is 25.4 Å². The molecule has 1 aliphatic carbocycles. The summed E-state index contributed by atoms with van der Waals surface area (Å²) in [4.78, 5) is 15.9. The normalized spacial score (nSPS) is 15.3. The molecule has 0 fully saturated rings. The van der Waals surface area contributed by atoms with Gasteiger partial charge in [-0.25, -0.2) is 9.78 Å². The summed E-state index contributed by atoms with van der Waals surface area (Å²) in [6.45, 7) is 0. The molecule has 0 radical (unpaired) electrons. The highest BCUT2D eigenvalue weighted by Crippen LogP contribution is 2.33. The number of anilines is 1. The Balaban J connectivity index is 1.88. The fraction of sp³-hybridized carbons (Fsp3) is 0.250. The van der Waals surface area contributed by atoms with Crippen molar-refractivity contribution in [3.63, 3.8) is 0 Å². The number of ether oxygens (including phenoxy) is 1. The van der Waals surface area contributed by atoms with Crippen LogP contribution in [0.3, 0.4) is 0 Å². The SMILES string of the molecule is COc1ccc(NC2(C(=O)O)Cc3ccccc3C2)cn1. The minimum absolute atomic E-state index is 0.463. The van der Waals surface area contributed by atoms with Gasteiger partial charge in [0.2, 0.25) is 5.88 Å². The summed E-state index contributed by atoms with van der Waals surface area (Å²) in [5.74, 6) is -0.353. The van der Waals surface area contributed by atoms with E-state index in [-0.39, 0.29) is 0 Å². The average Bonchev–Trinajstić information content (AvgIpc) is 2.87. The Bertz CT molecular complexity index is 642. The lowest BCUT2D eigenvalue weighted by Gasteiger charge is -2.26. The predicted octanol–water partition coefficient (Wildman–Crippen LogP) is 2.12. The zero-order valence-electron chi connectivity index (χ0n) is 11.7. The van der Waals surface area contributed by atoms with E-state index in [9.17, 15) is 9.90 Å². The summed E-state index contributed by atoms with van der Waals surface area (Å²) in [6.07, 6.45) is 2.52. The van der Waals surface area contributed by atoms with Crippen LogP contribution in [0.2, 0.25) is 0 Å². The molecule has 0 amide bonds. The number of aromatic nitrogens is 1. The highest BCUT2D eigenvalue weighted by Gasteiger charge is 2.44. The predicted molar refractivity (Wildman–Crippen MR) is 78.6 cm³/mol. The van der Waals surface area contributed by atoms with E-state index in [0.29, 0.717) is 24.4 Å². The van der Waals surface area contributed by atoms with Crippen molar-refractivity contribution in [3.8, 4) is 5.88 Å². The second kappa shape index (κ2) is 5.09. The first-order valence-corrected chi connectivity index (χ1v) is 6.71. The van der Waals surface area contributed by atoms with Gasteiger partial charge < -0.3 is 15.2 Å². The Morgan fingerprint density at radius 1 is 1.24 bits per heavy atom. The molecule has 1 heterocycles. The molecule has 1 aromatic carbocycles. The van der Waals surface area contributed by atoms with E-state index >= 15 is 0 Å². The molecule has 108 valence electrons. The fourth-order valence-corrected chi connectivity index (χ4v) is 2.76. The van der Waals surface area contributed by atoms with E-state index < -0.39 is 11.5 Å². The van der Waals surface area contributed by atoms with Gasteiger partial charge in [-0.05, 0) is 17.2 Å². The number of rotatable bonds is 4. The van der Waals surface area contributed by atoms with Gasteiger partial charge in [-0.3, -0.25) is 0 Å². The van der Waals surface area contributed by atoms with Crippen LogP contribution in [-0.4, -0.2) is 28.7 Å². The van der Waals surface area contributed by atoms with Crippen molar-refractivity contribution < 1.29 is 14.6 Å². The number of carboxylic acid groups (broad SMARTS) is 1. The van der Waals surface area contributed by atoms with Crippen LogP contribution < -0.4 is 10.1 Å². The fourth-order valence-electron chi connectivity index (χ4n) is 2.76. The number of methoxy groups -OCH3 is 1. The third-order valence-corrected chi connectivity index (χ3v) is 3.84. The monoisotopic (exact) mass is 284 g/mol. The van der Waals surface area contributed by atoms with Crippen LogP contribution in [-0.2, 0) is 17.6 Å². The van der Waals surface area contributed by atoms with Crippen LogP contribution >= 0.6 is 0 Å². The molecular weight excluding hydrogens is 268 g/mol. The summed E-state index contributed by atoms with van der Waals surface area (Å²) in [7, 11) is 1.54. The minimum atomic E-state index is -1.01. The molecule has 1 aliphatic rings. The van der Waals surface area contributed by atoms with Crippen LogP contribution in [0, 0.1) is 0 Å². The van der Waals surface area contributed by atoms with Crippen molar-refractivity contribution in [2.45, 2.75) is 18.4 Å². The largest absolute Gasteiger partial charge is 0.481 e. The molecule has 2 N–H and O–H groups in total. The van der Waals surface area contributed by atoms with Crippen molar-refractivity contribution in [2.75, 3.05) is 12.4 Å². The number of pyridine rings is 1. The molecule has 5 nitrogen and oxygen atoms in total. The first-order valence-electron chi connectivity index (χ1n) is 6.71. The van der Waals surface area contributed by atoms with Crippen molar-refractivity contribution in [3.05, 3.63) is 53.7 Å². The maximum atomic E-state index is 11.8. The second-order valence-electron chi connectivity index (χ2n) is 5.22. The molecule has 1 aromatic heterocycles. The Morgan fingerprint density at radius 3 is 2.38 bits per heavy atom. The van der Waals surface area contributed by atoms with Crippen LogP contribution in [0.25, 0.3) is 0 Å². The first-order chi connectivity index (χ1) is 10.1. The number of carbonyl (C=O) groups is 1. The third-order valence-electron chi connectivity index (χ3n) is 3.84. The highest BCUT2D eigenvalue weighted by molar-refractivity contribution is 5.85. The van der Waals surface area contributed by atoms with Gasteiger partial charge in [-0.1, -0.05) is 24.3 Å². The number of nitrogens with zero attached hydrogens (tertiary/aromatic N) is 1. The van der Waals surface area contributed by atoms with Crippen molar-refractivity contribution >= 4 is 11.7 Å². The van der Waals surface area contributed by atoms with Gasteiger partial charge in [0.1, 0.15) is 5.54 Å². The number of aliphatic carboxylic acids is 1. The highest BCUT2D eigenvalue weighted by atomic mass is 16.5. The standard InChI is InChI=1S/C16H16N2O3/c1-21-14-7-6-13(10-17-14)18-16(15(19)20)8-11-4-2-3-5-12(11)9-16/h2-7,10,18H,8-9H2,1H3,(H,19,20). The number of benzene rings is 1. The first kappa shape index (κ1) is 13.4. The lowest BCUT2D eigenvalue weighted by Crippen LogP contribution is -2.47. The molecule has 0 aliphatic heterocycles. The molecule has 5 heteroatoms. The van der Waals surface area contributed by atoms with Gasteiger partial charge in [0.25, 0.3) is 0 Å². The zero-order chi connectivity index (χ0) is 14.9. The van der Waals surface area contributed by atoms with Gasteiger partial charge in [0.15, 0.2) is 0 Å². The lowest BCUT2D eigenvalue weighted by atomic mass is 9.95. The summed E-state index contributed by atoms with van der Waals surface area (Å²) < 4.78 is 5.01. The molecule has 0 spiro atoms. The van der Waals surface area contributed by atoms with Crippen molar-refractivity contribution in [1.82, 2.24) is 4.98 Å². The molecule has 0 atom stereocenters. The molecule has 0 unspecified atom stereocenters. The Morgan fingerprint density at radius 2 is 1.90 bits per heavy atom. The average molecular weight is 284 g/mol. The number of hydrogen-bond donors (Lipinski definition) is 2. The quantitative estimate of drug-likeness (QED) is 0.900. The number of nitrogens with one attached hydrogen (secondary N) is 1. The van der Waals surface area contributed by atoms with Crippen LogP contribution in [0.4, 0.5) is 5.69 Å². The molecular formula is C16H16N2O3. The maximum Gasteiger partial charge on any atom is 0.330 e. The van der Waals surface area contributed by atoms with Crippen molar-refractivity contribution in [1.29, 1.82) is 0 Å². The van der Waals surface area contributed by atoms with E-state index in [1.165, 1.54) is 0 Å².